The van der Waals surface area contributed by atoms with Gasteiger partial charge in [-0.05, 0) is 66.2 Å². The Balaban J connectivity index is 2.05. The van der Waals surface area contributed by atoms with Gasteiger partial charge in [0.2, 0.25) is 0 Å². The van der Waals surface area contributed by atoms with E-state index in [1.165, 1.54) is 0 Å². The lowest BCUT2D eigenvalue weighted by Crippen LogP contribution is -2.48. The van der Waals surface area contributed by atoms with Gasteiger partial charge in [0.15, 0.2) is 0 Å². The summed E-state index contributed by atoms with van der Waals surface area (Å²) in [5.74, 6) is -0.00474. The fourth-order valence-corrected chi connectivity index (χ4v) is 3.63. The van der Waals surface area contributed by atoms with Crippen LogP contribution in [0.3, 0.4) is 0 Å². The predicted molar refractivity (Wildman–Crippen MR) is 88.6 cm³/mol. The molecule has 1 N–H and O–H groups in total. The van der Waals surface area contributed by atoms with E-state index in [9.17, 15) is 4.79 Å². The van der Waals surface area contributed by atoms with Crippen LogP contribution >= 0.6 is 15.9 Å². The topological polar surface area (TPSA) is 38.3 Å². The minimum Gasteiger partial charge on any atom is -0.375 e. The lowest BCUT2D eigenvalue weighted by atomic mass is 9.86. The highest BCUT2D eigenvalue weighted by molar-refractivity contribution is 9.10. The monoisotopic (exact) mass is 353 g/mol. The number of benzene rings is 1. The summed E-state index contributed by atoms with van der Waals surface area (Å²) in [4.78, 5) is 12.5. The van der Waals surface area contributed by atoms with Crippen molar-refractivity contribution in [3.63, 3.8) is 0 Å². The quantitative estimate of drug-likeness (QED) is 0.879. The summed E-state index contributed by atoms with van der Waals surface area (Å²) in [6.07, 6.45) is 3.76. The zero-order valence-corrected chi connectivity index (χ0v) is 14.6. The third-order valence-electron chi connectivity index (χ3n) is 4.49. The van der Waals surface area contributed by atoms with Gasteiger partial charge in [-0.2, -0.15) is 0 Å². The van der Waals surface area contributed by atoms with Gasteiger partial charge in [0, 0.05) is 17.1 Å². The normalized spacial score (nSPS) is 21.0. The molecule has 0 aromatic heterocycles. The van der Waals surface area contributed by atoms with Crippen LogP contribution in [0.25, 0.3) is 0 Å². The molecule has 1 amide bonds. The van der Waals surface area contributed by atoms with Gasteiger partial charge in [0.05, 0.1) is 11.2 Å². The SMILES string of the molecule is CCC1(CC)CC(NC(=O)c2ccc(C)cc2Br)CCO1. The number of carbonyl (C=O) groups is 1. The first kappa shape index (κ1) is 16.5. The van der Waals surface area contributed by atoms with Crippen LogP contribution in [0.1, 0.15) is 55.5 Å². The van der Waals surface area contributed by atoms with E-state index in [-0.39, 0.29) is 17.6 Å². The molecule has 1 fully saturated rings. The molecular formula is C17H24BrNO2. The summed E-state index contributed by atoms with van der Waals surface area (Å²) >= 11 is 3.48. The van der Waals surface area contributed by atoms with Crippen LogP contribution in [0.5, 0.6) is 0 Å². The van der Waals surface area contributed by atoms with Crippen LogP contribution in [-0.2, 0) is 4.74 Å². The van der Waals surface area contributed by atoms with Gasteiger partial charge in [0.1, 0.15) is 0 Å². The minimum absolute atomic E-state index is 0.00474. The van der Waals surface area contributed by atoms with Gasteiger partial charge in [-0.15, -0.1) is 0 Å². The number of halogens is 1. The fourth-order valence-electron chi connectivity index (χ4n) is 2.96. The molecule has 1 saturated heterocycles. The van der Waals surface area contributed by atoms with Gasteiger partial charge < -0.3 is 10.1 Å². The number of nitrogens with one attached hydrogen (secondary N) is 1. The maximum Gasteiger partial charge on any atom is 0.252 e. The Hall–Kier alpha value is -0.870. The second-order valence-corrected chi connectivity index (χ2v) is 6.74. The molecule has 1 heterocycles. The van der Waals surface area contributed by atoms with E-state index in [1.807, 2.05) is 25.1 Å². The summed E-state index contributed by atoms with van der Waals surface area (Å²) in [7, 11) is 0. The van der Waals surface area contributed by atoms with Crippen molar-refractivity contribution in [3.05, 3.63) is 33.8 Å². The Kier molecular flexibility index (Phi) is 5.44. The van der Waals surface area contributed by atoms with Gasteiger partial charge in [0.25, 0.3) is 5.91 Å². The summed E-state index contributed by atoms with van der Waals surface area (Å²) in [6.45, 7) is 7.05. The summed E-state index contributed by atoms with van der Waals surface area (Å²) < 4.78 is 6.81. The molecule has 1 aromatic rings. The maximum absolute atomic E-state index is 12.5. The van der Waals surface area contributed by atoms with Crippen molar-refractivity contribution >= 4 is 21.8 Å². The Bertz CT molecular complexity index is 512. The number of hydrogen-bond acceptors (Lipinski definition) is 2. The molecule has 2 rings (SSSR count). The number of rotatable bonds is 4. The van der Waals surface area contributed by atoms with Gasteiger partial charge >= 0.3 is 0 Å². The van der Waals surface area contributed by atoms with Gasteiger partial charge in [-0.3, -0.25) is 4.79 Å². The Morgan fingerprint density at radius 1 is 1.43 bits per heavy atom. The van der Waals surface area contributed by atoms with Crippen molar-refractivity contribution in [1.82, 2.24) is 5.32 Å². The molecule has 0 radical (unpaired) electrons. The first-order valence-corrected chi connectivity index (χ1v) is 8.50. The van der Waals surface area contributed by atoms with E-state index in [4.69, 9.17) is 4.74 Å². The van der Waals surface area contributed by atoms with E-state index in [0.29, 0.717) is 5.56 Å². The number of ether oxygens (including phenoxy) is 1. The highest BCUT2D eigenvalue weighted by Gasteiger charge is 2.35. The molecule has 1 unspecified atom stereocenters. The van der Waals surface area contributed by atoms with E-state index in [1.54, 1.807) is 0 Å². The number of carbonyl (C=O) groups excluding carboxylic acids is 1. The average molecular weight is 354 g/mol. The molecule has 0 spiro atoms. The highest BCUT2D eigenvalue weighted by atomic mass is 79.9. The van der Waals surface area contributed by atoms with Crippen LogP contribution in [0.4, 0.5) is 0 Å². The van der Waals surface area contributed by atoms with E-state index in [0.717, 1.165) is 42.3 Å². The lowest BCUT2D eigenvalue weighted by Gasteiger charge is -2.40. The highest BCUT2D eigenvalue weighted by Crippen LogP contribution is 2.31. The summed E-state index contributed by atoms with van der Waals surface area (Å²) in [5, 5.41) is 3.17. The standard InChI is InChI=1S/C17H24BrNO2/c1-4-17(5-2)11-13(8-9-21-17)19-16(20)14-7-6-12(3)10-15(14)18/h6-7,10,13H,4-5,8-9,11H2,1-3H3,(H,19,20). The zero-order chi connectivity index (χ0) is 15.5. The van der Waals surface area contributed by atoms with Crippen LogP contribution in [0, 0.1) is 6.92 Å². The molecule has 1 atom stereocenters. The predicted octanol–water partition coefficient (Wildman–Crippen LogP) is 4.23. The van der Waals surface area contributed by atoms with Crippen LogP contribution in [0.2, 0.25) is 0 Å². The lowest BCUT2D eigenvalue weighted by molar-refractivity contribution is -0.0917. The molecule has 0 saturated carbocycles. The van der Waals surface area contributed by atoms with Crippen LogP contribution in [0.15, 0.2) is 22.7 Å². The fraction of sp³-hybridized carbons (Fsp3) is 0.588. The molecule has 3 nitrogen and oxygen atoms in total. The van der Waals surface area contributed by atoms with Crippen molar-refractivity contribution in [2.45, 2.75) is 58.1 Å². The zero-order valence-electron chi connectivity index (χ0n) is 13.0. The molecule has 1 aliphatic rings. The molecule has 1 aromatic carbocycles. The van der Waals surface area contributed by atoms with E-state index in [2.05, 4.69) is 35.1 Å². The Morgan fingerprint density at radius 3 is 2.76 bits per heavy atom. The van der Waals surface area contributed by atoms with Gasteiger partial charge in [-0.25, -0.2) is 0 Å². The summed E-state index contributed by atoms with van der Waals surface area (Å²) in [5.41, 5.74) is 1.77. The molecular weight excluding hydrogens is 330 g/mol. The van der Waals surface area contributed by atoms with Crippen molar-refractivity contribution in [2.75, 3.05) is 6.61 Å². The number of amides is 1. The van der Waals surface area contributed by atoms with Gasteiger partial charge in [-0.1, -0.05) is 19.9 Å². The maximum atomic E-state index is 12.5. The van der Waals surface area contributed by atoms with Crippen molar-refractivity contribution < 1.29 is 9.53 Å². The largest absolute Gasteiger partial charge is 0.375 e. The second kappa shape index (κ2) is 6.93. The van der Waals surface area contributed by atoms with Crippen molar-refractivity contribution in [1.29, 1.82) is 0 Å². The van der Waals surface area contributed by atoms with Crippen molar-refractivity contribution in [2.24, 2.45) is 0 Å². The second-order valence-electron chi connectivity index (χ2n) is 5.89. The smallest absolute Gasteiger partial charge is 0.252 e. The first-order valence-electron chi connectivity index (χ1n) is 7.70. The van der Waals surface area contributed by atoms with Crippen LogP contribution in [-0.4, -0.2) is 24.2 Å². The number of hydrogen-bond donors (Lipinski definition) is 1. The Morgan fingerprint density at radius 2 is 2.14 bits per heavy atom. The minimum atomic E-state index is -0.0687. The molecule has 0 aliphatic carbocycles. The van der Waals surface area contributed by atoms with Crippen LogP contribution < -0.4 is 5.32 Å². The van der Waals surface area contributed by atoms with Crippen molar-refractivity contribution in [3.8, 4) is 0 Å². The average Bonchev–Trinajstić information content (AvgIpc) is 2.47. The number of aryl methyl sites for hydroxylation is 1. The van der Waals surface area contributed by atoms with E-state index < -0.39 is 0 Å². The third kappa shape index (κ3) is 3.86. The van der Waals surface area contributed by atoms with E-state index >= 15 is 0 Å². The molecule has 21 heavy (non-hydrogen) atoms. The molecule has 0 bridgehead atoms. The molecule has 1 aliphatic heterocycles. The molecule has 4 heteroatoms. The third-order valence-corrected chi connectivity index (χ3v) is 5.14. The Labute approximate surface area is 135 Å². The summed E-state index contributed by atoms with van der Waals surface area (Å²) in [6, 6.07) is 6.01. The first-order chi connectivity index (χ1) is 9.99. The molecule has 116 valence electrons.